The summed E-state index contributed by atoms with van der Waals surface area (Å²) in [6.07, 6.45) is 3.07. The van der Waals surface area contributed by atoms with Gasteiger partial charge in [0, 0.05) is 18.0 Å². The molecule has 0 aliphatic rings. The minimum absolute atomic E-state index is 0.111. The van der Waals surface area contributed by atoms with Gasteiger partial charge in [-0.2, -0.15) is 10.4 Å². The van der Waals surface area contributed by atoms with Gasteiger partial charge in [0.05, 0.1) is 5.56 Å². The first-order chi connectivity index (χ1) is 10.7. The molecule has 0 aliphatic heterocycles. The first-order valence-corrected chi connectivity index (χ1v) is 6.44. The van der Waals surface area contributed by atoms with Gasteiger partial charge in [0.15, 0.2) is 11.5 Å². The van der Waals surface area contributed by atoms with E-state index >= 15 is 0 Å². The number of benzene rings is 1. The number of rotatable bonds is 3. The van der Waals surface area contributed by atoms with Gasteiger partial charge in [-0.25, -0.2) is 14.5 Å². The Bertz CT molecular complexity index is 879. The Morgan fingerprint density at radius 1 is 1.23 bits per heavy atom. The second-order valence-electron chi connectivity index (χ2n) is 4.52. The molecule has 22 heavy (non-hydrogen) atoms. The molecule has 1 N–H and O–H groups in total. The average molecular weight is 290 g/mol. The Labute approximate surface area is 125 Å². The van der Waals surface area contributed by atoms with Crippen molar-refractivity contribution in [1.82, 2.24) is 14.8 Å². The highest BCUT2D eigenvalue weighted by Gasteiger charge is 2.13. The van der Waals surface area contributed by atoms with E-state index in [-0.39, 0.29) is 11.3 Å². The Hall–Kier alpha value is -3.46. The van der Waals surface area contributed by atoms with E-state index in [4.69, 9.17) is 5.11 Å². The van der Waals surface area contributed by atoms with Crippen LogP contribution in [0.15, 0.2) is 54.9 Å². The summed E-state index contributed by atoms with van der Waals surface area (Å²) >= 11 is 0. The highest BCUT2D eigenvalue weighted by molar-refractivity contribution is 5.87. The third-order valence-corrected chi connectivity index (χ3v) is 3.13. The zero-order valence-electron chi connectivity index (χ0n) is 11.3. The van der Waals surface area contributed by atoms with Crippen LogP contribution in [0.1, 0.15) is 16.1 Å². The quantitative estimate of drug-likeness (QED) is 0.800. The van der Waals surface area contributed by atoms with E-state index < -0.39 is 5.97 Å². The van der Waals surface area contributed by atoms with Crippen molar-refractivity contribution >= 4 is 5.97 Å². The molecule has 0 bridgehead atoms. The number of pyridine rings is 1. The standard InChI is InChI=1S/C16H10N4O2/c17-9-14-13(11-4-2-1-3-5-11)10-20(19-14)15-8-12(16(21)22)6-7-18-15/h1-8,10H,(H,21,22). The molecule has 0 amide bonds. The zero-order valence-corrected chi connectivity index (χ0v) is 11.3. The van der Waals surface area contributed by atoms with Crippen LogP contribution in [0.3, 0.4) is 0 Å². The van der Waals surface area contributed by atoms with E-state index in [2.05, 4.69) is 10.1 Å². The molecular weight excluding hydrogens is 280 g/mol. The van der Waals surface area contributed by atoms with Crippen LogP contribution in [-0.2, 0) is 0 Å². The van der Waals surface area contributed by atoms with Crippen molar-refractivity contribution in [3.8, 4) is 23.0 Å². The second kappa shape index (κ2) is 5.50. The number of hydrogen-bond acceptors (Lipinski definition) is 4. The SMILES string of the molecule is N#Cc1nn(-c2cc(C(=O)O)ccn2)cc1-c1ccccc1. The molecule has 0 saturated heterocycles. The lowest BCUT2D eigenvalue weighted by molar-refractivity contribution is 0.0696. The second-order valence-corrected chi connectivity index (χ2v) is 4.52. The maximum absolute atomic E-state index is 11.0. The molecule has 0 saturated carbocycles. The summed E-state index contributed by atoms with van der Waals surface area (Å²) in [5.74, 6) is -0.696. The molecule has 106 valence electrons. The molecule has 0 aliphatic carbocycles. The topological polar surface area (TPSA) is 91.8 Å². The Morgan fingerprint density at radius 2 is 2.00 bits per heavy atom. The van der Waals surface area contributed by atoms with Gasteiger partial charge < -0.3 is 5.11 Å². The van der Waals surface area contributed by atoms with E-state index in [0.717, 1.165) is 5.56 Å². The lowest BCUT2D eigenvalue weighted by Gasteiger charge is -2.01. The smallest absolute Gasteiger partial charge is 0.335 e. The lowest BCUT2D eigenvalue weighted by Crippen LogP contribution is -2.02. The molecule has 3 rings (SSSR count). The molecule has 0 spiro atoms. The van der Waals surface area contributed by atoms with Gasteiger partial charge in [0.2, 0.25) is 0 Å². The number of carbonyl (C=O) groups is 1. The van der Waals surface area contributed by atoms with Crippen molar-refractivity contribution in [1.29, 1.82) is 5.26 Å². The van der Waals surface area contributed by atoms with Crippen molar-refractivity contribution < 1.29 is 9.90 Å². The van der Waals surface area contributed by atoms with Crippen molar-refractivity contribution in [3.63, 3.8) is 0 Å². The Balaban J connectivity index is 2.11. The number of carboxylic acids is 1. The van der Waals surface area contributed by atoms with Crippen molar-refractivity contribution in [2.24, 2.45) is 0 Å². The number of nitriles is 1. The largest absolute Gasteiger partial charge is 0.478 e. The molecule has 2 heterocycles. The lowest BCUT2D eigenvalue weighted by atomic mass is 10.1. The molecule has 6 heteroatoms. The third kappa shape index (κ3) is 2.43. The van der Waals surface area contributed by atoms with Crippen LogP contribution in [-0.4, -0.2) is 25.8 Å². The molecule has 6 nitrogen and oxygen atoms in total. The number of aromatic nitrogens is 3. The van der Waals surface area contributed by atoms with E-state index in [1.54, 1.807) is 6.20 Å². The fourth-order valence-corrected chi connectivity index (χ4v) is 2.08. The van der Waals surface area contributed by atoms with Gasteiger partial charge in [-0.05, 0) is 17.7 Å². The number of nitrogens with zero attached hydrogens (tertiary/aromatic N) is 4. The van der Waals surface area contributed by atoms with E-state index in [0.29, 0.717) is 11.4 Å². The van der Waals surface area contributed by atoms with Crippen LogP contribution in [0.4, 0.5) is 0 Å². The van der Waals surface area contributed by atoms with E-state index in [9.17, 15) is 10.1 Å². The Morgan fingerprint density at radius 3 is 2.68 bits per heavy atom. The van der Waals surface area contributed by atoms with Crippen molar-refractivity contribution in [2.45, 2.75) is 0 Å². The molecule has 2 aromatic heterocycles. The predicted octanol–water partition coefficient (Wildman–Crippen LogP) is 2.50. The summed E-state index contributed by atoms with van der Waals surface area (Å²) < 4.78 is 1.41. The van der Waals surface area contributed by atoms with Gasteiger partial charge in [0.25, 0.3) is 0 Å². The monoisotopic (exact) mass is 290 g/mol. The zero-order chi connectivity index (χ0) is 15.5. The van der Waals surface area contributed by atoms with Crippen LogP contribution in [0.25, 0.3) is 16.9 Å². The van der Waals surface area contributed by atoms with Gasteiger partial charge in [-0.15, -0.1) is 0 Å². The first kappa shape index (κ1) is 13.5. The minimum Gasteiger partial charge on any atom is -0.478 e. The maximum Gasteiger partial charge on any atom is 0.335 e. The van der Waals surface area contributed by atoms with E-state index in [1.165, 1.54) is 23.0 Å². The van der Waals surface area contributed by atoms with Crippen LogP contribution in [0, 0.1) is 11.3 Å². The predicted molar refractivity (Wildman–Crippen MR) is 78.5 cm³/mol. The molecule has 3 aromatic rings. The van der Waals surface area contributed by atoms with Gasteiger partial charge in [-0.1, -0.05) is 30.3 Å². The summed E-state index contributed by atoms with van der Waals surface area (Å²) in [6, 6.07) is 14.2. The van der Waals surface area contributed by atoms with Crippen LogP contribution in [0.5, 0.6) is 0 Å². The van der Waals surface area contributed by atoms with E-state index in [1.807, 2.05) is 36.4 Å². The molecule has 0 radical (unpaired) electrons. The van der Waals surface area contributed by atoms with Crippen LogP contribution >= 0.6 is 0 Å². The summed E-state index contributed by atoms with van der Waals surface area (Å²) in [5, 5.41) is 22.4. The van der Waals surface area contributed by atoms with Crippen LogP contribution in [0.2, 0.25) is 0 Å². The molecule has 0 atom stereocenters. The number of carboxylic acid groups (broad SMARTS) is 1. The molecule has 1 aromatic carbocycles. The summed E-state index contributed by atoms with van der Waals surface area (Å²) in [4.78, 5) is 15.1. The fraction of sp³-hybridized carbons (Fsp3) is 0. The summed E-state index contributed by atoms with van der Waals surface area (Å²) in [5.41, 5.74) is 1.90. The third-order valence-electron chi connectivity index (χ3n) is 3.13. The molecule has 0 unspecified atom stereocenters. The fourth-order valence-electron chi connectivity index (χ4n) is 2.08. The number of hydrogen-bond donors (Lipinski definition) is 1. The summed E-state index contributed by atoms with van der Waals surface area (Å²) in [7, 11) is 0. The van der Waals surface area contributed by atoms with Crippen molar-refractivity contribution in [3.05, 3.63) is 66.1 Å². The summed E-state index contributed by atoms with van der Waals surface area (Å²) in [6.45, 7) is 0. The van der Waals surface area contributed by atoms with Gasteiger partial charge in [0.1, 0.15) is 6.07 Å². The number of aromatic carboxylic acids is 1. The minimum atomic E-state index is -1.04. The molecule has 0 fully saturated rings. The highest BCUT2D eigenvalue weighted by atomic mass is 16.4. The van der Waals surface area contributed by atoms with Gasteiger partial charge in [-0.3, -0.25) is 0 Å². The Kier molecular flexibility index (Phi) is 3.38. The highest BCUT2D eigenvalue weighted by Crippen LogP contribution is 2.23. The average Bonchev–Trinajstić information content (AvgIpc) is 3.00. The van der Waals surface area contributed by atoms with Crippen LogP contribution < -0.4 is 0 Å². The van der Waals surface area contributed by atoms with Crippen molar-refractivity contribution in [2.75, 3.05) is 0 Å². The first-order valence-electron chi connectivity index (χ1n) is 6.44. The van der Waals surface area contributed by atoms with Gasteiger partial charge >= 0.3 is 5.97 Å². The molecular formula is C16H10N4O2. The maximum atomic E-state index is 11.0. The normalized spacial score (nSPS) is 10.1.